The van der Waals surface area contributed by atoms with Crippen molar-refractivity contribution >= 4 is 17.4 Å². The lowest BCUT2D eigenvalue weighted by Crippen LogP contribution is -2.47. The number of anilines is 1. The van der Waals surface area contributed by atoms with Crippen LogP contribution in [0.3, 0.4) is 0 Å². The van der Waals surface area contributed by atoms with Gasteiger partial charge in [0, 0.05) is 24.6 Å². The molecule has 0 fully saturated rings. The molecule has 0 unspecified atom stereocenters. The Balaban J connectivity index is 1.55. The van der Waals surface area contributed by atoms with Crippen LogP contribution in [0.25, 0.3) is 0 Å². The molecule has 10 heteroatoms. The van der Waals surface area contributed by atoms with Crippen LogP contribution in [0.1, 0.15) is 30.1 Å². The molecule has 0 spiro atoms. The molecule has 0 saturated heterocycles. The molecule has 2 atom stereocenters. The molecule has 2 aromatic rings. The molecule has 0 saturated carbocycles. The van der Waals surface area contributed by atoms with Gasteiger partial charge in [-0.3, -0.25) is 9.69 Å². The van der Waals surface area contributed by atoms with Crippen molar-refractivity contribution in [3.8, 4) is 5.75 Å². The van der Waals surface area contributed by atoms with Crippen molar-refractivity contribution in [2.24, 2.45) is 5.16 Å². The smallest absolute Gasteiger partial charge is 0.410 e. The molecule has 154 valence electrons. The zero-order valence-electron chi connectivity index (χ0n) is 15.8. The minimum Gasteiger partial charge on any atom is -0.496 e. The number of amides is 1. The fraction of sp³-hybridized carbons (Fsp3) is 0.421. The van der Waals surface area contributed by atoms with Gasteiger partial charge in [0.25, 0.3) is 5.91 Å². The number of benzene rings is 1. The van der Waals surface area contributed by atoms with Gasteiger partial charge in [0.2, 0.25) is 6.10 Å². The zero-order chi connectivity index (χ0) is 20.8. The van der Waals surface area contributed by atoms with Gasteiger partial charge in [-0.25, -0.2) is 4.68 Å². The first-order valence-corrected chi connectivity index (χ1v) is 9.10. The van der Waals surface area contributed by atoms with Crippen LogP contribution in [-0.2, 0) is 9.63 Å². The first-order chi connectivity index (χ1) is 13.8. The topological polar surface area (TPSA) is 69.0 Å². The van der Waals surface area contributed by atoms with E-state index in [9.17, 15) is 18.0 Å². The number of carbonyl (C=O) groups is 1. The molecule has 7 nitrogen and oxygen atoms in total. The van der Waals surface area contributed by atoms with Crippen molar-refractivity contribution in [2.45, 2.75) is 38.1 Å². The molecule has 4 rings (SSSR count). The van der Waals surface area contributed by atoms with E-state index in [4.69, 9.17) is 9.57 Å². The van der Waals surface area contributed by atoms with E-state index in [1.165, 1.54) is 18.1 Å². The molecule has 0 aliphatic carbocycles. The summed E-state index contributed by atoms with van der Waals surface area (Å²) in [6.07, 6.45) is -5.42. The maximum atomic E-state index is 13.3. The summed E-state index contributed by atoms with van der Waals surface area (Å²) in [6, 6.07) is 6.94. The fourth-order valence-corrected chi connectivity index (χ4v) is 3.67. The van der Waals surface area contributed by atoms with E-state index in [1.807, 2.05) is 12.1 Å². The van der Waals surface area contributed by atoms with Gasteiger partial charge < -0.3 is 9.57 Å². The van der Waals surface area contributed by atoms with E-state index in [0.717, 1.165) is 4.68 Å². The number of aryl methyl sites for hydroxylation is 1. The first kappa shape index (κ1) is 19.3. The van der Waals surface area contributed by atoms with Crippen LogP contribution in [0.2, 0.25) is 0 Å². The lowest BCUT2D eigenvalue weighted by atomic mass is 10.0. The predicted octanol–water partition coefficient (Wildman–Crippen LogP) is 3.23. The number of ether oxygens (including phenoxy) is 1. The Morgan fingerprint density at radius 2 is 2.07 bits per heavy atom. The molecule has 2 aliphatic heterocycles. The normalized spacial score (nSPS) is 21.4. The minimum atomic E-state index is -4.44. The Morgan fingerprint density at radius 3 is 2.79 bits per heavy atom. The number of hydrogen-bond acceptors (Lipinski definition) is 5. The third-order valence-corrected chi connectivity index (χ3v) is 5.04. The Bertz CT molecular complexity index is 970. The number of para-hydroxylation sites is 1. The Morgan fingerprint density at radius 1 is 1.31 bits per heavy atom. The Kier molecular flexibility index (Phi) is 4.71. The third-order valence-electron chi connectivity index (χ3n) is 5.04. The number of alkyl halides is 3. The minimum absolute atomic E-state index is 0.0714. The van der Waals surface area contributed by atoms with Gasteiger partial charge in [0.1, 0.15) is 11.6 Å². The number of carbonyl (C=O) groups excluding carboxylic acids is 1. The molecule has 29 heavy (non-hydrogen) atoms. The van der Waals surface area contributed by atoms with Crippen molar-refractivity contribution in [2.75, 3.05) is 18.6 Å². The van der Waals surface area contributed by atoms with Gasteiger partial charge in [-0.2, -0.15) is 18.3 Å². The molecule has 1 amide bonds. The largest absolute Gasteiger partial charge is 0.496 e. The van der Waals surface area contributed by atoms with Crippen molar-refractivity contribution in [1.29, 1.82) is 0 Å². The molecular formula is C19H19F3N4O3. The van der Waals surface area contributed by atoms with Gasteiger partial charge in [0.05, 0.1) is 18.5 Å². The number of aromatic nitrogens is 2. The van der Waals surface area contributed by atoms with Crippen LogP contribution in [0.5, 0.6) is 5.75 Å². The average Bonchev–Trinajstić information content (AvgIpc) is 3.32. The summed E-state index contributed by atoms with van der Waals surface area (Å²) in [7, 11) is 1.53. The van der Waals surface area contributed by atoms with Crippen LogP contribution in [0.15, 0.2) is 35.5 Å². The number of oxime groups is 1. The zero-order valence-corrected chi connectivity index (χ0v) is 15.8. The van der Waals surface area contributed by atoms with Gasteiger partial charge in [-0.15, -0.1) is 0 Å². The SMILES string of the molecule is COc1ccccc1C1=NO[C@@H](C(=O)N2CC[C@@H](C(F)(F)F)n3nc(C)cc32)C1. The van der Waals surface area contributed by atoms with Crippen molar-refractivity contribution < 1.29 is 27.5 Å². The summed E-state index contributed by atoms with van der Waals surface area (Å²) < 4.78 is 46.2. The molecule has 0 N–H and O–H groups in total. The quantitative estimate of drug-likeness (QED) is 0.782. The maximum absolute atomic E-state index is 13.3. The van der Waals surface area contributed by atoms with E-state index in [0.29, 0.717) is 22.7 Å². The number of nitrogens with zero attached hydrogens (tertiary/aromatic N) is 4. The second kappa shape index (κ2) is 7.09. The summed E-state index contributed by atoms with van der Waals surface area (Å²) in [4.78, 5) is 19.7. The second-order valence-electron chi connectivity index (χ2n) is 6.96. The molecule has 1 aromatic heterocycles. The number of fused-ring (bicyclic) bond motifs is 1. The van der Waals surface area contributed by atoms with Crippen LogP contribution >= 0.6 is 0 Å². The highest BCUT2D eigenvalue weighted by Gasteiger charge is 2.47. The summed E-state index contributed by atoms with van der Waals surface area (Å²) in [5.41, 5.74) is 1.67. The summed E-state index contributed by atoms with van der Waals surface area (Å²) in [5.74, 6) is 0.276. The van der Waals surface area contributed by atoms with Gasteiger partial charge in [0.15, 0.2) is 6.04 Å². The van der Waals surface area contributed by atoms with E-state index >= 15 is 0 Å². The van der Waals surface area contributed by atoms with Gasteiger partial charge in [-0.05, 0) is 25.5 Å². The first-order valence-electron chi connectivity index (χ1n) is 9.10. The number of methoxy groups -OCH3 is 1. The lowest BCUT2D eigenvalue weighted by Gasteiger charge is -2.34. The fourth-order valence-electron chi connectivity index (χ4n) is 3.67. The third kappa shape index (κ3) is 3.43. The standard InChI is InChI=1S/C19H19F3N4O3/c1-11-9-17-25(8-7-16(19(20,21)22)26(17)23-11)18(27)15-10-13(24-29-15)12-5-3-4-6-14(12)28-2/h3-6,9,15-16H,7-8,10H2,1-2H3/t15-,16+/m1/s1. The molecular weight excluding hydrogens is 389 g/mol. The van der Waals surface area contributed by atoms with Crippen molar-refractivity contribution in [1.82, 2.24) is 9.78 Å². The number of hydrogen-bond donors (Lipinski definition) is 0. The highest BCUT2D eigenvalue weighted by Crippen LogP contribution is 2.40. The number of rotatable bonds is 3. The monoisotopic (exact) mass is 408 g/mol. The van der Waals surface area contributed by atoms with Crippen LogP contribution in [0, 0.1) is 6.92 Å². The predicted molar refractivity (Wildman–Crippen MR) is 98.0 cm³/mol. The van der Waals surface area contributed by atoms with Crippen LogP contribution in [0.4, 0.5) is 19.0 Å². The van der Waals surface area contributed by atoms with E-state index in [-0.39, 0.29) is 25.2 Å². The maximum Gasteiger partial charge on any atom is 0.410 e. The molecule has 3 heterocycles. The highest BCUT2D eigenvalue weighted by molar-refractivity contribution is 6.08. The Hall–Kier alpha value is -3.04. The molecule has 0 radical (unpaired) electrons. The Labute approximate surface area is 164 Å². The lowest BCUT2D eigenvalue weighted by molar-refractivity contribution is -0.173. The molecule has 2 aliphatic rings. The molecule has 1 aromatic carbocycles. The van der Waals surface area contributed by atoms with Crippen molar-refractivity contribution in [3.05, 3.63) is 41.6 Å². The average molecular weight is 408 g/mol. The summed E-state index contributed by atoms with van der Waals surface area (Å²) in [5, 5.41) is 7.97. The molecule has 0 bridgehead atoms. The second-order valence-corrected chi connectivity index (χ2v) is 6.96. The van der Waals surface area contributed by atoms with Gasteiger partial charge in [-0.1, -0.05) is 17.3 Å². The van der Waals surface area contributed by atoms with Crippen LogP contribution < -0.4 is 9.64 Å². The van der Waals surface area contributed by atoms with Crippen molar-refractivity contribution in [3.63, 3.8) is 0 Å². The highest BCUT2D eigenvalue weighted by atomic mass is 19.4. The van der Waals surface area contributed by atoms with E-state index in [2.05, 4.69) is 10.3 Å². The van der Waals surface area contributed by atoms with Crippen LogP contribution in [-0.4, -0.2) is 47.3 Å². The summed E-state index contributed by atoms with van der Waals surface area (Å²) >= 11 is 0. The van der Waals surface area contributed by atoms with E-state index < -0.39 is 24.2 Å². The number of halogens is 3. The van der Waals surface area contributed by atoms with Gasteiger partial charge >= 0.3 is 6.18 Å². The van der Waals surface area contributed by atoms with E-state index in [1.54, 1.807) is 19.1 Å². The summed E-state index contributed by atoms with van der Waals surface area (Å²) in [6.45, 7) is 1.52.